The zero-order valence-electron chi connectivity index (χ0n) is 30.3. The van der Waals surface area contributed by atoms with Crippen molar-refractivity contribution in [1.82, 2.24) is 25.0 Å². The molecule has 10 nitrogen and oxygen atoms in total. The van der Waals surface area contributed by atoms with Crippen molar-refractivity contribution >= 4 is 11.6 Å². The maximum absolute atomic E-state index is 9.81. The Balaban J connectivity index is 1.06. The third kappa shape index (κ3) is 8.83. The average molecular weight is 733 g/mol. The molecule has 0 spiro atoms. The molecular formula is C42H45ClN6O4. The minimum absolute atomic E-state index is 0.200. The molecule has 274 valence electrons. The number of nitrogens with zero attached hydrogens (tertiary/aromatic N) is 5. The van der Waals surface area contributed by atoms with E-state index in [-0.39, 0.29) is 12.7 Å². The third-order valence-electron chi connectivity index (χ3n) is 10.2. The number of likely N-dealkylation sites (tertiary alicyclic amines) is 1. The highest BCUT2D eigenvalue weighted by molar-refractivity contribution is 6.32. The first-order chi connectivity index (χ1) is 25.8. The molecule has 53 heavy (non-hydrogen) atoms. The Labute approximate surface area is 315 Å². The number of H-pyrrole nitrogens is 1. The Bertz CT molecular complexity index is 2090. The van der Waals surface area contributed by atoms with E-state index in [1.165, 1.54) is 11.8 Å². The summed E-state index contributed by atoms with van der Waals surface area (Å²) in [5.74, 6) is 2.08. The van der Waals surface area contributed by atoms with Gasteiger partial charge in [0, 0.05) is 68.9 Å². The lowest BCUT2D eigenvalue weighted by Gasteiger charge is -2.27. The number of aromatic nitrogens is 3. The van der Waals surface area contributed by atoms with Gasteiger partial charge in [-0.25, -0.2) is 0 Å². The van der Waals surface area contributed by atoms with Crippen LogP contribution in [0.1, 0.15) is 57.5 Å². The summed E-state index contributed by atoms with van der Waals surface area (Å²) in [6, 6.07) is 20.2. The molecule has 1 atom stereocenters. The first-order valence-corrected chi connectivity index (χ1v) is 18.6. The fourth-order valence-corrected chi connectivity index (χ4v) is 7.46. The molecule has 2 N–H and O–H groups in total. The van der Waals surface area contributed by atoms with Crippen LogP contribution in [-0.2, 0) is 32.7 Å². The van der Waals surface area contributed by atoms with Crippen LogP contribution in [0.5, 0.6) is 17.2 Å². The molecule has 5 aromatic rings. The van der Waals surface area contributed by atoms with Crippen LogP contribution in [0, 0.1) is 25.2 Å². The highest BCUT2D eigenvalue weighted by Gasteiger charge is 2.22. The second-order valence-electron chi connectivity index (χ2n) is 14.0. The summed E-state index contributed by atoms with van der Waals surface area (Å²) >= 11 is 6.92. The Hall–Kier alpha value is -4.92. The van der Waals surface area contributed by atoms with E-state index in [1.807, 2.05) is 30.5 Å². The van der Waals surface area contributed by atoms with Crippen molar-refractivity contribution in [1.29, 1.82) is 5.26 Å². The lowest BCUT2D eigenvalue weighted by molar-refractivity contribution is 0.173. The summed E-state index contributed by atoms with van der Waals surface area (Å²) in [5.41, 5.74) is 10.1. The minimum atomic E-state index is -0.200. The molecular weight excluding hydrogens is 688 g/mol. The number of pyridine rings is 1. The molecule has 3 aromatic carbocycles. The number of hydrogen-bond donors (Lipinski definition) is 2. The molecule has 0 unspecified atom stereocenters. The first kappa shape index (κ1) is 36.4. The van der Waals surface area contributed by atoms with Crippen molar-refractivity contribution in [2.75, 3.05) is 32.8 Å². The van der Waals surface area contributed by atoms with E-state index in [0.29, 0.717) is 41.8 Å². The van der Waals surface area contributed by atoms with Crippen molar-refractivity contribution in [3.8, 4) is 34.4 Å². The molecule has 0 saturated carbocycles. The Morgan fingerprint density at radius 3 is 2.57 bits per heavy atom. The first-order valence-electron chi connectivity index (χ1n) is 18.2. The summed E-state index contributed by atoms with van der Waals surface area (Å²) in [6.45, 7) is 10.3. The van der Waals surface area contributed by atoms with E-state index < -0.39 is 0 Å². The fraction of sp³-hybridized carbons (Fsp3) is 0.357. The molecule has 2 aliphatic rings. The van der Waals surface area contributed by atoms with Crippen molar-refractivity contribution in [2.24, 2.45) is 0 Å². The Kier molecular flexibility index (Phi) is 11.6. The van der Waals surface area contributed by atoms with Gasteiger partial charge >= 0.3 is 0 Å². The van der Waals surface area contributed by atoms with Crippen molar-refractivity contribution in [3.63, 3.8) is 0 Å². The third-order valence-corrected chi connectivity index (χ3v) is 10.5. The van der Waals surface area contributed by atoms with Crippen LogP contribution in [0.3, 0.4) is 0 Å². The number of nitrogens with one attached hydrogen (secondary N) is 1. The quantitative estimate of drug-likeness (QED) is 0.115. The highest BCUT2D eigenvalue weighted by atomic mass is 35.5. The zero-order valence-corrected chi connectivity index (χ0v) is 31.0. The smallest absolute Gasteiger partial charge is 0.142 e. The van der Waals surface area contributed by atoms with Gasteiger partial charge in [-0.05, 0) is 84.7 Å². The predicted molar refractivity (Wildman–Crippen MR) is 204 cm³/mol. The van der Waals surface area contributed by atoms with Crippen LogP contribution < -0.4 is 14.2 Å². The van der Waals surface area contributed by atoms with Gasteiger partial charge in [0.2, 0.25) is 0 Å². The number of aliphatic hydroxyl groups excluding tert-OH is 1. The maximum atomic E-state index is 9.81. The van der Waals surface area contributed by atoms with Gasteiger partial charge in [-0.15, -0.1) is 0 Å². The van der Waals surface area contributed by atoms with E-state index >= 15 is 0 Å². The van der Waals surface area contributed by atoms with E-state index in [1.54, 1.807) is 12.3 Å². The Morgan fingerprint density at radius 2 is 1.74 bits per heavy atom. The molecule has 11 heteroatoms. The topological polar surface area (TPSA) is 120 Å². The van der Waals surface area contributed by atoms with Gasteiger partial charge in [0.25, 0.3) is 0 Å². The maximum Gasteiger partial charge on any atom is 0.142 e. The second-order valence-corrected chi connectivity index (χ2v) is 14.4. The van der Waals surface area contributed by atoms with E-state index in [2.05, 4.69) is 69.2 Å². The van der Waals surface area contributed by atoms with Crippen LogP contribution >= 0.6 is 11.6 Å². The van der Waals surface area contributed by atoms with Gasteiger partial charge in [-0.1, -0.05) is 41.9 Å². The molecule has 7 rings (SSSR count). The molecule has 0 aliphatic carbocycles. The van der Waals surface area contributed by atoms with Crippen LogP contribution in [0.25, 0.3) is 11.1 Å². The number of halogens is 1. The molecule has 0 amide bonds. The normalized spacial score (nSPS) is 15.9. The number of benzene rings is 3. The minimum Gasteiger partial charge on any atom is -0.493 e. The molecule has 2 aromatic heterocycles. The van der Waals surface area contributed by atoms with Crippen molar-refractivity contribution in [2.45, 2.75) is 65.5 Å². The average Bonchev–Trinajstić information content (AvgIpc) is 3.82. The molecule has 4 heterocycles. The van der Waals surface area contributed by atoms with Crippen LogP contribution in [0.2, 0.25) is 5.02 Å². The van der Waals surface area contributed by atoms with Gasteiger partial charge < -0.3 is 24.2 Å². The number of nitriles is 1. The molecule has 1 fully saturated rings. The van der Waals surface area contributed by atoms with Crippen LogP contribution in [0.4, 0.5) is 0 Å². The number of hydrogen-bond acceptors (Lipinski definition) is 9. The highest BCUT2D eigenvalue weighted by Crippen LogP contribution is 2.37. The zero-order chi connectivity index (χ0) is 36.7. The lowest BCUT2D eigenvalue weighted by Crippen LogP contribution is -2.30. The van der Waals surface area contributed by atoms with E-state index in [0.717, 1.165) is 102 Å². The van der Waals surface area contributed by atoms with E-state index in [4.69, 9.17) is 25.8 Å². The number of aliphatic hydroxyl groups is 1. The van der Waals surface area contributed by atoms with Crippen molar-refractivity contribution < 1.29 is 19.3 Å². The Morgan fingerprint density at radius 1 is 0.906 bits per heavy atom. The largest absolute Gasteiger partial charge is 0.493 e. The molecule has 0 bridgehead atoms. The number of aromatic amines is 1. The lowest BCUT2D eigenvalue weighted by atomic mass is 9.93. The van der Waals surface area contributed by atoms with Gasteiger partial charge in [0.15, 0.2) is 0 Å². The fourth-order valence-electron chi connectivity index (χ4n) is 7.22. The summed E-state index contributed by atoms with van der Waals surface area (Å²) < 4.78 is 19.1. The number of ether oxygens (including phenoxy) is 3. The standard InChI is InChI=1S/C42H45ClN6O4/c1-28-33(6-3-7-36(28)37-8-4-9-40(29(37)2)51-15-5-12-48-14-11-35(50)24-48)27-53-42-18-41(52-26-31-16-30(19-44)20-45-21-31)34(17-38(42)43)23-49-13-10-32-22-46-47-39(32)25-49/h3-4,6-9,16-18,20-22,35,50H,5,10-15,23-27H2,1-2H3,(H,46,47)/t35-/m1/s1. The SMILES string of the molecule is Cc1c(COc2cc(OCc3cncc(C#N)c3)c(CN3CCc4cn[nH]c4C3)cc2Cl)cccc1-c1cccc(OCCCN2CC[C@@H](O)C2)c1C. The monoisotopic (exact) mass is 732 g/mol. The number of β-amino-alcohol motifs (C(OH)–C–C–N with tert-alkyl or cyclic N) is 1. The van der Waals surface area contributed by atoms with E-state index in [9.17, 15) is 10.4 Å². The van der Waals surface area contributed by atoms with Crippen LogP contribution in [0.15, 0.2) is 73.2 Å². The molecule has 0 radical (unpaired) electrons. The molecule has 1 saturated heterocycles. The summed E-state index contributed by atoms with van der Waals surface area (Å²) in [7, 11) is 0. The van der Waals surface area contributed by atoms with Gasteiger partial charge in [-0.3, -0.25) is 15.0 Å². The van der Waals surface area contributed by atoms with Gasteiger partial charge in [-0.2, -0.15) is 10.4 Å². The number of rotatable bonds is 14. The second kappa shape index (κ2) is 16.8. The van der Waals surface area contributed by atoms with Crippen LogP contribution in [-0.4, -0.2) is 69.0 Å². The van der Waals surface area contributed by atoms with Gasteiger partial charge in [0.05, 0.1) is 35.2 Å². The van der Waals surface area contributed by atoms with Gasteiger partial charge in [0.1, 0.15) is 36.5 Å². The molecule has 2 aliphatic heterocycles. The summed E-state index contributed by atoms with van der Waals surface area (Å²) in [4.78, 5) is 8.83. The summed E-state index contributed by atoms with van der Waals surface area (Å²) in [6.07, 6.45) is 7.64. The summed E-state index contributed by atoms with van der Waals surface area (Å²) in [5, 5.41) is 27.0. The number of fused-ring (bicyclic) bond motifs is 1. The predicted octanol–water partition coefficient (Wildman–Crippen LogP) is 7.17. The van der Waals surface area contributed by atoms with Crippen molar-refractivity contribution in [3.05, 3.63) is 123 Å².